The number of likely N-dealkylation sites (N-methyl/N-ethyl adjacent to an activating group) is 1. The number of hydrogen-bond acceptors (Lipinski definition) is 4. The average molecular weight is 240 g/mol. The molecule has 1 aliphatic rings. The van der Waals surface area contributed by atoms with Crippen LogP contribution in [0.4, 0.5) is 0 Å². The number of amides is 1. The van der Waals surface area contributed by atoms with Gasteiger partial charge < -0.3 is 16.0 Å². The Labute approximate surface area is 101 Å². The van der Waals surface area contributed by atoms with Crippen LogP contribution < -0.4 is 11.1 Å². The number of carbonyl (C=O) groups excluding carboxylic acids is 1. The van der Waals surface area contributed by atoms with E-state index in [2.05, 4.69) is 27.2 Å². The van der Waals surface area contributed by atoms with E-state index in [1.54, 1.807) is 0 Å². The minimum absolute atomic E-state index is 0.308. The third-order valence-electron chi connectivity index (χ3n) is 3.35. The molecule has 1 aliphatic heterocycles. The Bertz CT molecular complexity index is 315. The molecule has 2 unspecified atom stereocenters. The molecule has 0 radical (unpaired) electrons. The smallest absolute Gasteiger partial charge is 0.239 e. The maximum Gasteiger partial charge on any atom is 0.239 e. The normalized spacial score (nSPS) is 28.9. The fourth-order valence-electron chi connectivity index (χ4n) is 2.22. The van der Waals surface area contributed by atoms with Crippen LogP contribution in [-0.2, 0) is 4.79 Å². The highest BCUT2D eigenvalue weighted by Gasteiger charge is 2.44. The highest BCUT2D eigenvalue weighted by atomic mass is 16.1. The van der Waals surface area contributed by atoms with Gasteiger partial charge in [-0.2, -0.15) is 0 Å². The van der Waals surface area contributed by atoms with Crippen LogP contribution in [0.3, 0.4) is 0 Å². The van der Waals surface area contributed by atoms with Gasteiger partial charge in [0.1, 0.15) is 5.54 Å². The molecule has 0 aromatic heterocycles. The first-order valence-corrected chi connectivity index (χ1v) is 5.78. The topological polar surface area (TPSA) is 107 Å². The van der Waals surface area contributed by atoms with Gasteiger partial charge in [0.2, 0.25) is 5.91 Å². The van der Waals surface area contributed by atoms with Crippen LogP contribution in [0.1, 0.15) is 19.8 Å². The number of carbonyl (C=O) groups is 1. The third-order valence-corrected chi connectivity index (χ3v) is 3.35. The molecular weight excluding hydrogens is 220 g/mol. The highest BCUT2D eigenvalue weighted by Crippen LogP contribution is 2.25. The number of rotatable bonds is 6. The zero-order valence-corrected chi connectivity index (χ0v) is 10.4. The monoisotopic (exact) mass is 240 g/mol. The molecule has 1 rings (SSSR count). The van der Waals surface area contributed by atoms with Crippen LogP contribution in [0.15, 0.2) is 5.11 Å². The Kier molecular flexibility index (Phi) is 4.74. The molecule has 0 saturated carbocycles. The second-order valence-corrected chi connectivity index (χ2v) is 4.65. The number of azide groups is 1. The van der Waals surface area contributed by atoms with Crippen molar-refractivity contribution in [1.82, 2.24) is 10.2 Å². The maximum absolute atomic E-state index is 11.6. The summed E-state index contributed by atoms with van der Waals surface area (Å²) in [7, 11) is 1.98. The van der Waals surface area contributed by atoms with Crippen molar-refractivity contribution in [2.45, 2.75) is 31.3 Å². The summed E-state index contributed by atoms with van der Waals surface area (Å²) in [6.45, 7) is 3.77. The fourth-order valence-corrected chi connectivity index (χ4v) is 2.22. The second-order valence-electron chi connectivity index (χ2n) is 4.65. The molecule has 2 atom stereocenters. The van der Waals surface area contributed by atoms with E-state index in [4.69, 9.17) is 11.3 Å². The SMILES string of the molecule is CC1CC(NCCCN=[N+]=[N-])(C(N)=O)CN1C. The van der Waals surface area contributed by atoms with Crippen molar-refractivity contribution in [3.05, 3.63) is 10.4 Å². The Morgan fingerprint density at radius 2 is 2.47 bits per heavy atom. The summed E-state index contributed by atoms with van der Waals surface area (Å²) in [5, 5.41) is 6.66. The van der Waals surface area contributed by atoms with E-state index < -0.39 is 5.54 Å². The molecule has 1 amide bonds. The minimum atomic E-state index is -0.634. The first-order valence-electron chi connectivity index (χ1n) is 5.78. The maximum atomic E-state index is 11.6. The quantitative estimate of drug-likeness (QED) is 0.300. The van der Waals surface area contributed by atoms with E-state index in [1.165, 1.54) is 0 Å². The van der Waals surface area contributed by atoms with Crippen LogP contribution in [-0.4, -0.2) is 49.1 Å². The number of hydrogen-bond donors (Lipinski definition) is 2. The van der Waals surface area contributed by atoms with E-state index in [-0.39, 0.29) is 5.91 Å². The van der Waals surface area contributed by atoms with Crippen molar-refractivity contribution in [3.63, 3.8) is 0 Å². The summed E-state index contributed by atoms with van der Waals surface area (Å²) in [6.07, 6.45) is 1.43. The van der Waals surface area contributed by atoms with Crippen LogP contribution in [0.2, 0.25) is 0 Å². The molecule has 0 bridgehead atoms. The first-order chi connectivity index (χ1) is 8.02. The molecule has 0 spiro atoms. The lowest BCUT2D eigenvalue weighted by Crippen LogP contribution is -2.57. The van der Waals surface area contributed by atoms with Gasteiger partial charge in [-0.1, -0.05) is 5.11 Å². The molecule has 96 valence electrons. The second kappa shape index (κ2) is 5.86. The minimum Gasteiger partial charge on any atom is -0.368 e. The predicted octanol–water partition coefficient (Wildman–Crippen LogP) is 0.225. The van der Waals surface area contributed by atoms with Gasteiger partial charge in [-0.25, -0.2) is 0 Å². The average Bonchev–Trinajstić information content (AvgIpc) is 2.56. The number of primary amides is 1. The van der Waals surface area contributed by atoms with Crippen molar-refractivity contribution >= 4 is 5.91 Å². The van der Waals surface area contributed by atoms with E-state index in [9.17, 15) is 4.79 Å². The fraction of sp³-hybridized carbons (Fsp3) is 0.900. The van der Waals surface area contributed by atoms with Crippen LogP contribution in [0, 0.1) is 0 Å². The van der Waals surface area contributed by atoms with E-state index in [0.29, 0.717) is 32.1 Å². The van der Waals surface area contributed by atoms with Crippen molar-refractivity contribution in [3.8, 4) is 0 Å². The lowest BCUT2D eigenvalue weighted by Gasteiger charge is -2.26. The van der Waals surface area contributed by atoms with Crippen LogP contribution in [0.5, 0.6) is 0 Å². The summed E-state index contributed by atoms with van der Waals surface area (Å²) in [6, 6.07) is 0.340. The van der Waals surface area contributed by atoms with Gasteiger partial charge in [-0.15, -0.1) is 0 Å². The van der Waals surface area contributed by atoms with E-state index >= 15 is 0 Å². The summed E-state index contributed by atoms with van der Waals surface area (Å²) in [4.78, 5) is 16.4. The zero-order chi connectivity index (χ0) is 12.9. The Hall–Kier alpha value is -1.30. The third kappa shape index (κ3) is 3.33. The summed E-state index contributed by atoms with van der Waals surface area (Å²) in [5.74, 6) is -0.308. The summed E-state index contributed by atoms with van der Waals surface area (Å²) < 4.78 is 0. The molecule has 7 nitrogen and oxygen atoms in total. The predicted molar refractivity (Wildman–Crippen MR) is 65.3 cm³/mol. The lowest BCUT2D eigenvalue weighted by atomic mass is 9.95. The van der Waals surface area contributed by atoms with E-state index in [1.807, 2.05) is 7.05 Å². The van der Waals surface area contributed by atoms with Crippen molar-refractivity contribution < 1.29 is 4.79 Å². The Morgan fingerprint density at radius 1 is 1.76 bits per heavy atom. The van der Waals surface area contributed by atoms with Crippen LogP contribution in [0.25, 0.3) is 10.4 Å². The van der Waals surface area contributed by atoms with Gasteiger partial charge in [0.25, 0.3) is 0 Å². The first kappa shape index (κ1) is 13.8. The molecule has 17 heavy (non-hydrogen) atoms. The summed E-state index contributed by atoms with van der Waals surface area (Å²) in [5.41, 5.74) is 13.0. The van der Waals surface area contributed by atoms with Gasteiger partial charge in [0.05, 0.1) is 0 Å². The number of likely N-dealkylation sites (tertiary alicyclic amines) is 1. The molecule has 0 aromatic carbocycles. The summed E-state index contributed by atoms with van der Waals surface area (Å²) >= 11 is 0. The number of nitrogens with one attached hydrogen (secondary N) is 1. The molecule has 3 N–H and O–H groups in total. The molecule has 0 aliphatic carbocycles. The molecule has 1 heterocycles. The molecule has 1 fully saturated rings. The molecular formula is C10H20N6O. The lowest BCUT2D eigenvalue weighted by molar-refractivity contribution is -0.124. The van der Waals surface area contributed by atoms with Crippen molar-refractivity contribution in [2.75, 3.05) is 26.7 Å². The molecule has 7 heteroatoms. The van der Waals surface area contributed by atoms with Gasteiger partial charge in [0.15, 0.2) is 0 Å². The van der Waals surface area contributed by atoms with Gasteiger partial charge >= 0.3 is 0 Å². The Morgan fingerprint density at radius 3 is 2.94 bits per heavy atom. The van der Waals surface area contributed by atoms with Gasteiger partial charge in [-0.3, -0.25) is 4.79 Å². The van der Waals surface area contributed by atoms with Gasteiger partial charge in [-0.05, 0) is 38.9 Å². The number of nitrogens with zero attached hydrogens (tertiary/aromatic N) is 4. The molecule has 1 saturated heterocycles. The zero-order valence-electron chi connectivity index (χ0n) is 10.4. The van der Waals surface area contributed by atoms with Gasteiger partial charge in [0, 0.05) is 24.0 Å². The number of nitrogens with two attached hydrogens (primary N) is 1. The van der Waals surface area contributed by atoms with E-state index in [0.717, 1.165) is 6.42 Å². The van der Waals surface area contributed by atoms with Crippen molar-refractivity contribution in [1.29, 1.82) is 0 Å². The van der Waals surface area contributed by atoms with Crippen molar-refractivity contribution in [2.24, 2.45) is 10.8 Å². The highest BCUT2D eigenvalue weighted by molar-refractivity contribution is 5.85. The van der Waals surface area contributed by atoms with Crippen LogP contribution >= 0.6 is 0 Å². The largest absolute Gasteiger partial charge is 0.368 e. The molecule has 0 aromatic rings. The standard InChI is InChI=1S/C10H20N6O/c1-8-6-10(9(11)17,7-16(8)2)13-4-3-5-14-15-12/h8,13H,3-7H2,1-2H3,(H2,11,17). The Balaban J connectivity index is 2.50.